The Morgan fingerprint density at radius 3 is 2.47 bits per heavy atom. The lowest BCUT2D eigenvalue weighted by molar-refractivity contribution is -0.0875. The molecule has 0 N–H and O–H groups in total. The highest BCUT2D eigenvalue weighted by atomic mass is 16.5. The average Bonchev–Trinajstić information content (AvgIpc) is 3.10. The first kappa shape index (κ1) is 10.6. The summed E-state index contributed by atoms with van der Waals surface area (Å²) in [4.78, 5) is 0. The van der Waals surface area contributed by atoms with Gasteiger partial charge in [0.1, 0.15) is 5.75 Å². The van der Waals surface area contributed by atoms with Crippen molar-refractivity contribution in [3.05, 3.63) is 29.8 Å². The third-order valence-corrected chi connectivity index (χ3v) is 4.20. The standard InChI is InChI=1S/C14H15NO2/c1-16-12-5-3-2-4-11(12)14(9-17-10-14)13(8-15)6-7-13/h2-5H,6-7,9-10H2,1H3. The zero-order chi connectivity index (χ0) is 11.9. The molecule has 2 aliphatic rings. The van der Waals surface area contributed by atoms with Crippen molar-refractivity contribution in [1.82, 2.24) is 0 Å². The molecule has 88 valence electrons. The molecule has 1 aliphatic heterocycles. The fraction of sp³-hybridized carbons (Fsp3) is 0.500. The first-order valence-electron chi connectivity index (χ1n) is 5.90. The van der Waals surface area contributed by atoms with Gasteiger partial charge in [-0.05, 0) is 18.9 Å². The summed E-state index contributed by atoms with van der Waals surface area (Å²) in [6, 6.07) is 10.5. The molecular weight excluding hydrogens is 214 g/mol. The Labute approximate surface area is 101 Å². The molecule has 1 saturated carbocycles. The first-order chi connectivity index (χ1) is 8.28. The average molecular weight is 229 g/mol. The maximum absolute atomic E-state index is 9.44. The Kier molecular flexibility index (Phi) is 2.17. The summed E-state index contributed by atoms with van der Waals surface area (Å²) in [5, 5.41) is 9.44. The van der Waals surface area contributed by atoms with Crippen molar-refractivity contribution in [2.45, 2.75) is 18.3 Å². The number of para-hydroxylation sites is 1. The number of benzene rings is 1. The van der Waals surface area contributed by atoms with Crippen molar-refractivity contribution in [3.63, 3.8) is 0 Å². The van der Waals surface area contributed by atoms with Crippen LogP contribution in [0.2, 0.25) is 0 Å². The largest absolute Gasteiger partial charge is 0.496 e. The second-order valence-electron chi connectivity index (χ2n) is 4.97. The maximum Gasteiger partial charge on any atom is 0.122 e. The lowest BCUT2D eigenvalue weighted by Crippen LogP contribution is -2.53. The summed E-state index contributed by atoms with van der Waals surface area (Å²) >= 11 is 0. The SMILES string of the molecule is COc1ccccc1C1(C2(C#N)CC2)COC1. The minimum Gasteiger partial charge on any atom is -0.496 e. The van der Waals surface area contributed by atoms with E-state index in [2.05, 4.69) is 12.1 Å². The number of hydrogen-bond donors (Lipinski definition) is 0. The van der Waals surface area contributed by atoms with Gasteiger partial charge in [0.05, 0.1) is 37.2 Å². The van der Waals surface area contributed by atoms with E-state index < -0.39 is 0 Å². The van der Waals surface area contributed by atoms with Crippen LogP contribution in [0, 0.1) is 16.7 Å². The van der Waals surface area contributed by atoms with E-state index in [-0.39, 0.29) is 10.8 Å². The molecule has 0 amide bonds. The second-order valence-corrected chi connectivity index (χ2v) is 4.97. The summed E-state index contributed by atoms with van der Waals surface area (Å²) in [5.41, 5.74) is 0.765. The van der Waals surface area contributed by atoms with Crippen molar-refractivity contribution in [2.24, 2.45) is 5.41 Å². The van der Waals surface area contributed by atoms with Gasteiger partial charge < -0.3 is 9.47 Å². The van der Waals surface area contributed by atoms with Gasteiger partial charge >= 0.3 is 0 Å². The molecule has 0 radical (unpaired) electrons. The molecule has 3 heteroatoms. The van der Waals surface area contributed by atoms with Gasteiger partial charge in [-0.3, -0.25) is 0 Å². The second kappa shape index (κ2) is 3.48. The van der Waals surface area contributed by atoms with Gasteiger partial charge in [0.15, 0.2) is 0 Å². The molecule has 0 spiro atoms. The number of ether oxygens (including phenoxy) is 2. The number of rotatable bonds is 3. The van der Waals surface area contributed by atoms with Gasteiger partial charge in [0, 0.05) is 5.56 Å². The Morgan fingerprint density at radius 1 is 1.29 bits per heavy atom. The zero-order valence-corrected chi connectivity index (χ0v) is 9.90. The van der Waals surface area contributed by atoms with Gasteiger partial charge in [-0.1, -0.05) is 18.2 Å². The normalized spacial score (nSPS) is 23.3. The first-order valence-corrected chi connectivity index (χ1v) is 5.90. The third-order valence-electron chi connectivity index (χ3n) is 4.20. The van der Waals surface area contributed by atoms with Gasteiger partial charge in [0.25, 0.3) is 0 Å². The Morgan fingerprint density at radius 2 is 2.00 bits per heavy atom. The fourth-order valence-electron chi connectivity index (χ4n) is 2.86. The highest BCUT2D eigenvalue weighted by molar-refractivity contribution is 5.47. The van der Waals surface area contributed by atoms with Gasteiger partial charge in [-0.15, -0.1) is 0 Å². The smallest absolute Gasteiger partial charge is 0.122 e. The number of nitrogens with zero attached hydrogens (tertiary/aromatic N) is 1. The monoisotopic (exact) mass is 229 g/mol. The van der Waals surface area contributed by atoms with Gasteiger partial charge in [0.2, 0.25) is 0 Å². The molecule has 1 aromatic rings. The van der Waals surface area contributed by atoms with Crippen molar-refractivity contribution < 1.29 is 9.47 Å². The summed E-state index contributed by atoms with van der Waals surface area (Å²) in [6.45, 7) is 1.28. The lowest BCUT2D eigenvalue weighted by atomic mass is 9.66. The van der Waals surface area contributed by atoms with E-state index in [0.717, 1.165) is 24.2 Å². The maximum atomic E-state index is 9.44. The predicted octanol–water partition coefficient (Wildman–Crippen LogP) is 2.27. The van der Waals surface area contributed by atoms with Crippen molar-refractivity contribution in [2.75, 3.05) is 20.3 Å². The van der Waals surface area contributed by atoms with E-state index in [9.17, 15) is 5.26 Å². The molecule has 0 atom stereocenters. The molecule has 0 bridgehead atoms. The van der Waals surface area contributed by atoms with Gasteiger partial charge in [-0.25, -0.2) is 0 Å². The van der Waals surface area contributed by atoms with Crippen molar-refractivity contribution >= 4 is 0 Å². The molecule has 2 fully saturated rings. The summed E-state index contributed by atoms with van der Waals surface area (Å²) in [7, 11) is 1.68. The molecule has 1 aromatic carbocycles. The summed E-state index contributed by atoms with van der Waals surface area (Å²) in [6.07, 6.45) is 1.95. The van der Waals surface area contributed by atoms with Crippen molar-refractivity contribution in [1.29, 1.82) is 5.26 Å². The van der Waals surface area contributed by atoms with Crippen LogP contribution in [0.1, 0.15) is 18.4 Å². The number of methoxy groups -OCH3 is 1. The number of nitriles is 1. The molecule has 3 nitrogen and oxygen atoms in total. The van der Waals surface area contributed by atoms with Gasteiger partial charge in [-0.2, -0.15) is 5.26 Å². The van der Waals surface area contributed by atoms with Crippen LogP contribution in [0.4, 0.5) is 0 Å². The van der Waals surface area contributed by atoms with E-state index >= 15 is 0 Å². The summed E-state index contributed by atoms with van der Waals surface area (Å²) < 4.78 is 10.8. The van der Waals surface area contributed by atoms with E-state index in [1.807, 2.05) is 18.2 Å². The van der Waals surface area contributed by atoms with Crippen LogP contribution in [0.15, 0.2) is 24.3 Å². The van der Waals surface area contributed by atoms with Crippen LogP contribution in [-0.4, -0.2) is 20.3 Å². The van der Waals surface area contributed by atoms with E-state index in [1.54, 1.807) is 7.11 Å². The highest BCUT2D eigenvalue weighted by Crippen LogP contribution is 2.63. The molecule has 1 aliphatic carbocycles. The van der Waals surface area contributed by atoms with Crippen LogP contribution in [0.5, 0.6) is 5.75 Å². The Hall–Kier alpha value is -1.53. The van der Waals surface area contributed by atoms with E-state index in [4.69, 9.17) is 9.47 Å². The zero-order valence-electron chi connectivity index (χ0n) is 9.90. The van der Waals surface area contributed by atoms with Crippen LogP contribution < -0.4 is 4.74 Å². The van der Waals surface area contributed by atoms with Crippen LogP contribution in [-0.2, 0) is 10.2 Å². The molecule has 1 heterocycles. The minimum atomic E-state index is -0.222. The molecule has 3 rings (SSSR count). The molecule has 0 aromatic heterocycles. The van der Waals surface area contributed by atoms with E-state index in [1.165, 1.54) is 0 Å². The quantitative estimate of drug-likeness (QED) is 0.798. The molecular formula is C14H15NO2. The Bertz CT molecular complexity index is 481. The van der Waals surface area contributed by atoms with Crippen molar-refractivity contribution in [3.8, 4) is 11.8 Å². The Balaban J connectivity index is 2.10. The number of hydrogen-bond acceptors (Lipinski definition) is 3. The predicted molar refractivity (Wildman–Crippen MR) is 62.8 cm³/mol. The topological polar surface area (TPSA) is 42.2 Å². The van der Waals surface area contributed by atoms with Crippen LogP contribution in [0.25, 0.3) is 0 Å². The van der Waals surface area contributed by atoms with Crippen LogP contribution in [0.3, 0.4) is 0 Å². The highest BCUT2D eigenvalue weighted by Gasteiger charge is 2.65. The molecule has 0 unspecified atom stereocenters. The molecule has 17 heavy (non-hydrogen) atoms. The fourth-order valence-corrected chi connectivity index (χ4v) is 2.86. The lowest BCUT2D eigenvalue weighted by Gasteiger charge is -2.46. The molecule has 1 saturated heterocycles. The van der Waals surface area contributed by atoms with E-state index in [0.29, 0.717) is 13.2 Å². The third kappa shape index (κ3) is 1.25. The van der Waals surface area contributed by atoms with Crippen LogP contribution >= 0.6 is 0 Å². The minimum absolute atomic E-state index is 0.144. The summed E-state index contributed by atoms with van der Waals surface area (Å²) in [5.74, 6) is 0.873.